The van der Waals surface area contributed by atoms with Gasteiger partial charge in [-0.2, -0.15) is 5.10 Å². The third-order valence-corrected chi connectivity index (χ3v) is 5.99. The first-order valence-electron chi connectivity index (χ1n) is 10.7. The van der Waals surface area contributed by atoms with Crippen LogP contribution in [0.4, 0.5) is 4.39 Å². The molecule has 0 atom stereocenters. The number of halogens is 1. The first-order chi connectivity index (χ1) is 15.6. The number of piperidine rings is 1. The molecular weight excluding hydrogens is 407 g/mol. The van der Waals surface area contributed by atoms with Gasteiger partial charge in [0.05, 0.1) is 7.11 Å². The van der Waals surface area contributed by atoms with E-state index in [1.54, 1.807) is 17.7 Å². The molecule has 0 N–H and O–H groups in total. The Labute approximate surface area is 185 Å². The zero-order valence-electron chi connectivity index (χ0n) is 17.7. The van der Waals surface area contributed by atoms with E-state index in [0.717, 1.165) is 35.4 Å². The van der Waals surface area contributed by atoms with E-state index in [1.807, 2.05) is 53.6 Å². The molecule has 7 heteroatoms. The number of rotatable bonds is 4. The molecule has 1 fully saturated rings. The van der Waals surface area contributed by atoms with Crippen molar-refractivity contribution in [3.63, 3.8) is 0 Å². The predicted octanol–water partition coefficient (Wildman–Crippen LogP) is 4.56. The number of aromatic nitrogens is 3. The lowest BCUT2D eigenvalue weighted by atomic mass is 9.95. The van der Waals surface area contributed by atoms with Gasteiger partial charge in [0.15, 0.2) is 11.5 Å². The Hall–Kier alpha value is -3.74. The van der Waals surface area contributed by atoms with Gasteiger partial charge in [0.25, 0.3) is 5.91 Å². The number of nitrogens with zero attached hydrogens (tertiary/aromatic N) is 4. The smallest absolute Gasteiger partial charge is 0.253 e. The molecule has 1 saturated heterocycles. The van der Waals surface area contributed by atoms with Crippen LogP contribution in [0.1, 0.15) is 34.9 Å². The minimum absolute atomic E-state index is 0.0701. The molecular formula is C25H23FN4O2. The van der Waals surface area contributed by atoms with Crippen molar-refractivity contribution in [3.05, 3.63) is 84.1 Å². The molecule has 2 aromatic carbocycles. The number of likely N-dealkylation sites (tertiary alicyclic amines) is 1. The van der Waals surface area contributed by atoms with E-state index in [4.69, 9.17) is 14.8 Å². The fraction of sp³-hybridized carbons (Fsp3) is 0.240. The number of methoxy groups -OCH3 is 1. The van der Waals surface area contributed by atoms with Crippen LogP contribution in [-0.2, 0) is 0 Å². The predicted molar refractivity (Wildman–Crippen MR) is 119 cm³/mol. The number of hydrogen-bond donors (Lipinski definition) is 0. The summed E-state index contributed by atoms with van der Waals surface area (Å²) in [6.45, 7) is 1.36. The highest BCUT2D eigenvalue weighted by Crippen LogP contribution is 2.31. The maximum absolute atomic E-state index is 13.8. The summed E-state index contributed by atoms with van der Waals surface area (Å²) < 4.78 is 20.9. The maximum Gasteiger partial charge on any atom is 0.253 e. The number of benzene rings is 2. The molecule has 3 heterocycles. The highest BCUT2D eigenvalue weighted by atomic mass is 19.1. The van der Waals surface area contributed by atoms with Gasteiger partial charge in [0.1, 0.15) is 11.6 Å². The summed E-state index contributed by atoms with van der Waals surface area (Å²) in [5.41, 5.74) is 2.92. The van der Waals surface area contributed by atoms with Crippen molar-refractivity contribution < 1.29 is 13.9 Å². The zero-order chi connectivity index (χ0) is 22.1. The number of amides is 1. The molecule has 0 unspecified atom stereocenters. The van der Waals surface area contributed by atoms with E-state index < -0.39 is 0 Å². The summed E-state index contributed by atoms with van der Waals surface area (Å²) in [5.74, 6) is 1.32. The lowest BCUT2D eigenvalue weighted by molar-refractivity contribution is 0.0711. The monoisotopic (exact) mass is 430 g/mol. The normalized spacial score (nSPS) is 14.6. The summed E-state index contributed by atoms with van der Waals surface area (Å²) in [5, 5.41) is 4.70. The summed E-state index contributed by atoms with van der Waals surface area (Å²) in [6, 6.07) is 17.6. The van der Waals surface area contributed by atoms with E-state index in [2.05, 4.69) is 0 Å². The number of carbonyl (C=O) groups is 1. The molecule has 32 heavy (non-hydrogen) atoms. The maximum atomic E-state index is 13.8. The third-order valence-electron chi connectivity index (χ3n) is 5.99. The van der Waals surface area contributed by atoms with Gasteiger partial charge in [0.2, 0.25) is 0 Å². The Balaban J connectivity index is 1.34. The molecule has 6 nitrogen and oxygen atoms in total. The molecule has 1 aliphatic rings. The van der Waals surface area contributed by atoms with Gasteiger partial charge in [-0.25, -0.2) is 13.9 Å². The molecule has 2 aromatic heterocycles. The fourth-order valence-corrected chi connectivity index (χ4v) is 4.24. The number of pyridine rings is 1. The first-order valence-corrected chi connectivity index (χ1v) is 10.7. The second kappa shape index (κ2) is 8.42. The van der Waals surface area contributed by atoms with Crippen molar-refractivity contribution in [1.82, 2.24) is 19.5 Å². The molecule has 5 rings (SSSR count). The van der Waals surface area contributed by atoms with E-state index in [0.29, 0.717) is 24.4 Å². The van der Waals surface area contributed by atoms with Gasteiger partial charge >= 0.3 is 0 Å². The van der Waals surface area contributed by atoms with Crippen molar-refractivity contribution in [1.29, 1.82) is 0 Å². The number of ether oxygens (including phenoxy) is 1. The van der Waals surface area contributed by atoms with Crippen LogP contribution in [-0.4, -0.2) is 45.6 Å². The SMILES string of the molecule is COc1ccc(F)cc1-c1ccc2nc(C3CCN(C(=O)c4ccccc4)CC3)nn2c1. The van der Waals surface area contributed by atoms with Gasteiger partial charge in [0, 0.05) is 41.9 Å². The van der Waals surface area contributed by atoms with Crippen LogP contribution in [0.5, 0.6) is 5.75 Å². The van der Waals surface area contributed by atoms with Crippen molar-refractivity contribution >= 4 is 11.6 Å². The van der Waals surface area contributed by atoms with Gasteiger partial charge in [-0.05, 0) is 55.3 Å². The Morgan fingerprint density at radius 2 is 1.84 bits per heavy atom. The Kier molecular flexibility index (Phi) is 5.31. The molecule has 1 aliphatic heterocycles. The summed E-state index contributed by atoms with van der Waals surface area (Å²) in [7, 11) is 1.57. The highest BCUT2D eigenvalue weighted by Gasteiger charge is 2.27. The van der Waals surface area contributed by atoms with Crippen LogP contribution in [0.2, 0.25) is 0 Å². The minimum atomic E-state index is -0.322. The average molecular weight is 430 g/mol. The molecule has 1 amide bonds. The molecule has 0 saturated carbocycles. The van der Waals surface area contributed by atoms with E-state index >= 15 is 0 Å². The largest absolute Gasteiger partial charge is 0.496 e. The molecule has 4 aromatic rings. The van der Waals surface area contributed by atoms with Crippen LogP contribution in [0.15, 0.2) is 66.9 Å². The van der Waals surface area contributed by atoms with Crippen molar-refractivity contribution in [3.8, 4) is 16.9 Å². The summed E-state index contributed by atoms with van der Waals surface area (Å²) >= 11 is 0. The Morgan fingerprint density at radius 3 is 2.59 bits per heavy atom. The molecule has 0 radical (unpaired) electrons. The van der Waals surface area contributed by atoms with Crippen molar-refractivity contribution in [2.24, 2.45) is 0 Å². The van der Waals surface area contributed by atoms with E-state index in [-0.39, 0.29) is 17.6 Å². The number of hydrogen-bond acceptors (Lipinski definition) is 4. The van der Waals surface area contributed by atoms with Crippen LogP contribution in [0.3, 0.4) is 0 Å². The average Bonchev–Trinajstić information content (AvgIpc) is 3.27. The Morgan fingerprint density at radius 1 is 1.06 bits per heavy atom. The lowest BCUT2D eigenvalue weighted by Crippen LogP contribution is -2.38. The van der Waals surface area contributed by atoms with Gasteiger partial charge in [-0.3, -0.25) is 4.79 Å². The third kappa shape index (κ3) is 3.82. The Bertz CT molecular complexity index is 1260. The molecule has 0 aliphatic carbocycles. The van der Waals surface area contributed by atoms with Crippen LogP contribution in [0.25, 0.3) is 16.8 Å². The lowest BCUT2D eigenvalue weighted by Gasteiger charge is -2.30. The topological polar surface area (TPSA) is 59.7 Å². The highest BCUT2D eigenvalue weighted by molar-refractivity contribution is 5.94. The number of carbonyl (C=O) groups excluding carboxylic acids is 1. The van der Waals surface area contributed by atoms with Crippen molar-refractivity contribution in [2.45, 2.75) is 18.8 Å². The summed E-state index contributed by atoms with van der Waals surface area (Å²) in [4.78, 5) is 19.3. The molecule has 0 spiro atoms. The minimum Gasteiger partial charge on any atom is -0.496 e. The number of fused-ring (bicyclic) bond motifs is 1. The first kappa shape index (κ1) is 20.2. The summed E-state index contributed by atoms with van der Waals surface area (Å²) in [6.07, 6.45) is 3.48. The van der Waals surface area contributed by atoms with E-state index in [9.17, 15) is 9.18 Å². The van der Waals surface area contributed by atoms with Crippen LogP contribution < -0.4 is 4.74 Å². The van der Waals surface area contributed by atoms with Crippen molar-refractivity contribution in [2.75, 3.05) is 20.2 Å². The zero-order valence-corrected chi connectivity index (χ0v) is 17.7. The molecule has 0 bridgehead atoms. The fourth-order valence-electron chi connectivity index (χ4n) is 4.24. The molecule has 162 valence electrons. The van der Waals surface area contributed by atoms with Gasteiger partial charge in [-0.15, -0.1) is 0 Å². The van der Waals surface area contributed by atoms with Crippen LogP contribution in [0, 0.1) is 5.82 Å². The van der Waals surface area contributed by atoms with Crippen LogP contribution >= 0.6 is 0 Å². The van der Waals surface area contributed by atoms with Gasteiger partial charge in [-0.1, -0.05) is 18.2 Å². The second-order valence-electron chi connectivity index (χ2n) is 7.97. The van der Waals surface area contributed by atoms with E-state index in [1.165, 1.54) is 12.1 Å². The second-order valence-corrected chi connectivity index (χ2v) is 7.97. The van der Waals surface area contributed by atoms with Gasteiger partial charge < -0.3 is 9.64 Å². The standard InChI is InChI=1S/C25H23FN4O2/c1-32-22-9-8-20(26)15-21(22)19-7-10-23-27-24(28-30(23)16-19)17-11-13-29(14-12-17)25(31)18-5-3-2-4-6-18/h2-10,15-17H,11-14H2,1H3. The quantitative estimate of drug-likeness (QED) is 0.476.